The molecule has 0 aliphatic heterocycles. The lowest BCUT2D eigenvalue weighted by atomic mass is 10.0. The summed E-state index contributed by atoms with van der Waals surface area (Å²) in [4.78, 5) is 0. The quantitative estimate of drug-likeness (QED) is 0.828. The first kappa shape index (κ1) is 10.8. The Morgan fingerprint density at radius 3 is 2.40 bits per heavy atom. The minimum atomic E-state index is -2.89. The van der Waals surface area contributed by atoms with Crippen molar-refractivity contribution < 1.29 is 13.9 Å². The molecular formula is C11H11ClF2O. The number of benzene rings is 1. The van der Waals surface area contributed by atoms with Gasteiger partial charge in [-0.05, 0) is 18.9 Å². The summed E-state index contributed by atoms with van der Waals surface area (Å²) in [6.07, 6.45) is 1.29. The minimum absolute atomic E-state index is 0.125. The topological polar surface area (TPSA) is 20.2 Å². The Balaban J connectivity index is 2.40. The van der Waals surface area contributed by atoms with E-state index < -0.39 is 11.5 Å². The van der Waals surface area contributed by atoms with Crippen molar-refractivity contribution in [1.82, 2.24) is 0 Å². The predicted octanol–water partition coefficient (Wildman–Crippen LogP) is 3.43. The Morgan fingerprint density at radius 1 is 1.40 bits per heavy atom. The fourth-order valence-electron chi connectivity index (χ4n) is 1.55. The van der Waals surface area contributed by atoms with Gasteiger partial charge < -0.3 is 5.11 Å². The van der Waals surface area contributed by atoms with Gasteiger partial charge in [0.1, 0.15) is 0 Å². The van der Waals surface area contributed by atoms with Crippen LogP contribution in [0.15, 0.2) is 18.2 Å². The molecule has 0 spiro atoms. The summed E-state index contributed by atoms with van der Waals surface area (Å²) in [6.45, 7) is 0.824. The van der Waals surface area contributed by atoms with Crippen molar-refractivity contribution in [2.24, 2.45) is 0 Å². The van der Waals surface area contributed by atoms with Crippen LogP contribution in [0.25, 0.3) is 0 Å². The Bertz CT molecular complexity index is 394. The molecule has 1 N–H and O–H groups in total. The van der Waals surface area contributed by atoms with Crippen LogP contribution in [-0.2, 0) is 11.5 Å². The summed E-state index contributed by atoms with van der Waals surface area (Å²) in [5.74, 6) is -2.89. The van der Waals surface area contributed by atoms with Crippen molar-refractivity contribution in [3.05, 3.63) is 34.3 Å². The van der Waals surface area contributed by atoms with Gasteiger partial charge in [0, 0.05) is 23.1 Å². The van der Waals surface area contributed by atoms with Gasteiger partial charge in [-0.25, -0.2) is 8.78 Å². The van der Waals surface area contributed by atoms with E-state index in [0.29, 0.717) is 18.4 Å². The van der Waals surface area contributed by atoms with Crippen molar-refractivity contribution in [3.8, 4) is 0 Å². The van der Waals surface area contributed by atoms with Crippen LogP contribution in [0, 0.1) is 0 Å². The van der Waals surface area contributed by atoms with Gasteiger partial charge in [0.2, 0.25) is 0 Å². The summed E-state index contributed by atoms with van der Waals surface area (Å²) < 4.78 is 25.9. The van der Waals surface area contributed by atoms with Gasteiger partial charge in [-0.2, -0.15) is 0 Å². The lowest BCUT2D eigenvalue weighted by Crippen LogP contribution is -2.10. The van der Waals surface area contributed by atoms with Crippen LogP contribution in [0.3, 0.4) is 0 Å². The number of rotatable bonds is 2. The number of halogens is 3. The molecule has 15 heavy (non-hydrogen) atoms. The molecule has 0 aromatic heterocycles. The smallest absolute Gasteiger partial charge is 0.270 e. The maximum absolute atomic E-state index is 13.0. The van der Waals surface area contributed by atoms with Gasteiger partial charge in [-0.1, -0.05) is 23.7 Å². The summed E-state index contributed by atoms with van der Waals surface area (Å²) in [7, 11) is 0. The minimum Gasteiger partial charge on any atom is -0.385 e. The Labute approximate surface area is 91.7 Å². The molecule has 0 atom stereocenters. The molecule has 1 saturated carbocycles. The number of alkyl halides is 2. The predicted molar refractivity (Wildman–Crippen MR) is 54.2 cm³/mol. The van der Waals surface area contributed by atoms with Crippen LogP contribution >= 0.6 is 11.6 Å². The molecular weight excluding hydrogens is 222 g/mol. The Morgan fingerprint density at radius 2 is 2.00 bits per heavy atom. The molecule has 1 aromatic rings. The van der Waals surface area contributed by atoms with E-state index in [1.54, 1.807) is 0 Å². The molecule has 1 fully saturated rings. The molecule has 4 heteroatoms. The van der Waals surface area contributed by atoms with E-state index in [0.717, 1.165) is 6.92 Å². The third-order valence-electron chi connectivity index (χ3n) is 2.70. The molecule has 1 nitrogen and oxygen atoms in total. The zero-order chi connectivity index (χ0) is 11.3. The zero-order valence-electron chi connectivity index (χ0n) is 8.23. The first-order valence-electron chi connectivity index (χ1n) is 4.74. The second-order valence-electron chi connectivity index (χ2n) is 4.11. The fourth-order valence-corrected chi connectivity index (χ4v) is 1.91. The summed E-state index contributed by atoms with van der Waals surface area (Å²) in [5.41, 5.74) is -0.448. The molecule has 0 radical (unpaired) electrons. The van der Waals surface area contributed by atoms with Crippen LogP contribution in [-0.4, -0.2) is 5.11 Å². The maximum atomic E-state index is 13.0. The second kappa shape index (κ2) is 3.16. The monoisotopic (exact) mass is 232 g/mol. The van der Waals surface area contributed by atoms with Gasteiger partial charge >= 0.3 is 0 Å². The van der Waals surface area contributed by atoms with E-state index in [4.69, 9.17) is 11.6 Å². The molecule has 0 amide bonds. The van der Waals surface area contributed by atoms with Crippen molar-refractivity contribution in [2.75, 3.05) is 0 Å². The summed E-state index contributed by atoms with van der Waals surface area (Å²) >= 11 is 5.87. The van der Waals surface area contributed by atoms with E-state index in [1.807, 2.05) is 0 Å². The average molecular weight is 233 g/mol. The van der Waals surface area contributed by atoms with E-state index in [-0.39, 0.29) is 10.6 Å². The van der Waals surface area contributed by atoms with Gasteiger partial charge in [0.25, 0.3) is 5.92 Å². The zero-order valence-corrected chi connectivity index (χ0v) is 8.98. The van der Waals surface area contributed by atoms with Crippen LogP contribution in [0.4, 0.5) is 8.78 Å². The van der Waals surface area contributed by atoms with Gasteiger partial charge in [0.15, 0.2) is 0 Å². The maximum Gasteiger partial charge on any atom is 0.270 e. The highest BCUT2D eigenvalue weighted by Crippen LogP contribution is 2.48. The molecule has 1 aliphatic rings. The van der Waals surface area contributed by atoms with Crippen molar-refractivity contribution in [3.63, 3.8) is 0 Å². The standard InChI is InChI=1S/C11H11ClF2O/c1-10(13,14)7-2-3-8(9(12)6-7)11(15)4-5-11/h2-3,6,15H,4-5H2,1H3. The van der Waals surface area contributed by atoms with E-state index in [1.165, 1.54) is 18.2 Å². The van der Waals surface area contributed by atoms with Crippen molar-refractivity contribution >= 4 is 11.6 Å². The summed E-state index contributed by atoms with van der Waals surface area (Å²) in [5, 5.41) is 10.0. The third kappa shape index (κ3) is 1.99. The number of aliphatic hydroxyl groups is 1. The average Bonchev–Trinajstić information content (AvgIpc) is 2.82. The lowest BCUT2D eigenvalue weighted by molar-refractivity contribution is 0.0173. The van der Waals surface area contributed by atoms with Gasteiger partial charge in [-0.3, -0.25) is 0 Å². The van der Waals surface area contributed by atoms with Crippen molar-refractivity contribution in [2.45, 2.75) is 31.3 Å². The fraction of sp³-hybridized carbons (Fsp3) is 0.455. The molecule has 82 valence electrons. The van der Waals surface area contributed by atoms with E-state index in [2.05, 4.69) is 0 Å². The van der Waals surface area contributed by atoms with Crippen LogP contribution in [0.1, 0.15) is 30.9 Å². The summed E-state index contributed by atoms with van der Waals surface area (Å²) in [6, 6.07) is 4.03. The normalized spacial score (nSPS) is 19.0. The van der Waals surface area contributed by atoms with Crippen LogP contribution in [0.2, 0.25) is 5.02 Å². The molecule has 2 rings (SSSR count). The Hall–Kier alpha value is -0.670. The van der Waals surface area contributed by atoms with Gasteiger partial charge in [-0.15, -0.1) is 0 Å². The molecule has 1 aliphatic carbocycles. The van der Waals surface area contributed by atoms with E-state index in [9.17, 15) is 13.9 Å². The van der Waals surface area contributed by atoms with Crippen molar-refractivity contribution in [1.29, 1.82) is 0 Å². The number of hydrogen-bond acceptors (Lipinski definition) is 1. The Kier molecular flexibility index (Phi) is 2.28. The van der Waals surface area contributed by atoms with E-state index >= 15 is 0 Å². The molecule has 0 bridgehead atoms. The van der Waals surface area contributed by atoms with Gasteiger partial charge in [0.05, 0.1) is 5.60 Å². The van der Waals surface area contributed by atoms with Crippen LogP contribution < -0.4 is 0 Å². The first-order valence-corrected chi connectivity index (χ1v) is 5.11. The number of hydrogen-bond donors (Lipinski definition) is 1. The highest BCUT2D eigenvalue weighted by molar-refractivity contribution is 6.31. The SMILES string of the molecule is CC(F)(F)c1ccc(C2(O)CC2)c(Cl)c1. The molecule has 1 aromatic carbocycles. The first-order chi connectivity index (χ1) is 6.83. The highest BCUT2D eigenvalue weighted by Gasteiger charge is 2.43. The lowest BCUT2D eigenvalue weighted by Gasteiger charge is -2.15. The highest BCUT2D eigenvalue weighted by atomic mass is 35.5. The molecule has 0 unspecified atom stereocenters. The molecule has 0 saturated heterocycles. The molecule has 0 heterocycles. The van der Waals surface area contributed by atoms with Crippen LogP contribution in [0.5, 0.6) is 0 Å². The second-order valence-corrected chi connectivity index (χ2v) is 4.52. The third-order valence-corrected chi connectivity index (χ3v) is 3.01. The largest absolute Gasteiger partial charge is 0.385 e.